The largest absolute Gasteiger partial charge is 0.358 e. The van der Waals surface area contributed by atoms with Gasteiger partial charge in [-0.25, -0.2) is 0 Å². The second-order valence-electron chi connectivity index (χ2n) is 7.32. The van der Waals surface area contributed by atoms with Gasteiger partial charge in [-0.05, 0) is 67.0 Å². The van der Waals surface area contributed by atoms with E-state index in [1.54, 1.807) is 0 Å². The molecule has 4 rings (SSSR count). The first-order valence-corrected chi connectivity index (χ1v) is 10.4. The van der Waals surface area contributed by atoms with Gasteiger partial charge in [-0.3, -0.25) is 9.59 Å². The minimum atomic E-state index is 0.181. The van der Waals surface area contributed by atoms with Crippen molar-refractivity contribution in [3.05, 3.63) is 54.1 Å². The standard InChI is InChI=1S/C22H24N4O2S/c27-20-6-2-12-25(20)18-10-8-17(9-11-18)24-22(29)23-15-16-4-1-5-19(14-16)26-13-3-7-21(26)28/h1,4-5,8-11,14H,2-3,6-7,12-13,15H2,(H2,23,24,29). The van der Waals surface area contributed by atoms with Crippen LogP contribution in [0.15, 0.2) is 48.5 Å². The van der Waals surface area contributed by atoms with Gasteiger partial charge in [0.25, 0.3) is 0 Å². The molecular weight excluding hydrogens is 384 g/mol. The molecule has 2 aromatic rings. The highest BCUT2D eigenvalue weighted by atomic mass is 32.1. The molecule has 2 amide bonds. The summed E-state index contributed by atoms with van der Waals surface area (Å²) in [5, 5.41) is 6.90. The number of nitrogens with one attached hydrogen (secondary N) is 2. The fourth-order valence-corrected chi connectivity index (χ4v) is 3.95. The van der Waals surface area contributed by atoms with Crippen LogP contribution in [-0.2, 0) is 16.1 Å². The van der Waals surface area contributed by atoms with E-state index in [9.17, 15) is 9.59 Å². The minimum absolute atomic E-state index is 0.181. The highest BCUT2D eigenvalue weighted by Gasteiger charge is 2.22. The Morgan fingerprint density at radius 2 is 1.55 bits per heavy atom. The van der Waals surface area contributed by atoms with Crippen molar-refractivity contribution in [1.82, 2.24) is 5.32 Å². The summed E-state index contributed by atoms with van der Waals surface area (Å²) in [6.07, 6.45) is 3.09. The number of carbonyl (C=O) groups is 2. The van der Waals surface area contributed by atoms with Crippen molar-refractivity contribution in [2.75, 3.05) is 28.2 Å². The van der Waals surface area contributed by atoms with Crippen molar-refractivity contribution in [1.29, 1.82) is 0 Å². The third-order valence-electron chi connectivity index (χ3n) is 5.26. The minimum Gasteiger partial charge on any atom is -0.358 e. The Kier molecular flexibility index (Phi) is 5.76. The molecule has 2 aliphatic heterocycles. The Morgan fingerprint density at radius 3 is 2.17 bits per heavy atom. The zero-order valence-corrected chi connectivity index (χ0v) is 17.0. The summed E-state index contributed by atoms with van der Waals surface area (Å²) in [5.41, 5.74) is 3.80. The van der Waals surface area contributed by atoms with Crippen LogP contribution >= 0.6 is 12.2 Å². The summed E-state index contributed by atoms with van der Waals surface area (Å²) in [5.74, 6) is 0.368. The maximum atomic E-state index is 11.9. The second-order valence-corrected chi connectivity index (χ2v) is 7.73. The number of thiocarbonyl (C=S) groups is 1. The van der Waals surface area contributed by atoms with Crippen molar-refractivity contribution in [2.24, 2.45) is 0 Å². The monoisotopic (exact) mass is 408 g/mol. The Morgan fingerprint density at radius 1 is 0.897 bits per heavy atom. The van der Waals surface area contributed by atoms with Crippen LogP contribution < -0.4 is 20.4 Å². The SMILES string of the molecule is O=C1CCCN1c1ccc(NC(=S)NCc2cccc(N3CCCC3=O)c2)cc1. The lowest BCUT2D eigenvalue weighted by Crippen LogP contribution is -2.28. The van der Waals surface area contributed by atoms with E-state index in [-0.39, 0.29) is 11.8 Å². The molecule has 0 unspecified atom stereocenters. The molecule has 0 saturated carbocycles. The van der Waals surface area contributed by atoms with E-state index in [0.29, 0.717) is 24.5 Å². The summed E-state index contributed by atoms with van der Waals surface area (Å²) in [7, 11) is 0. The molecular formula is C22H24N4O2S. The first-order chi connectivity index (χ1) is 14.1. The smallest absolute Gasteiger partial charge is 0.227 e. The van der Waals surface area contributed by atoms with Crippen molar-refractivity contribution in [3.63, 3.8) is 0 Å². The van der Waals surface area contributed by atoms with Gasteiger partial charge in [0.1, 0.15) is 0 Å². The van der Waals surface area contributed by atoms with E-state index in [1.807, 2.05) is 58.3 Å². The van der Waals surface area contributed by atoms with Gasteiger partial charge in [-0.1, -0.05) is 12.1 Å². The van der Waals surface area contributed by atoms with Crippen molar-refractivity contribution in [2.45, 2.75) is 32.2 Å². The van der Waals surface area contributed by atoms with Crippen LogP contribution in [0.1, 0.15) is 31.2 Å². The predicted octanol–water partition coefficient (Wildman–Crippen LogP) is 3.43. The van der Waals surface area contributed by atoms with E-state index in [4.69, 9.17) is 12.2 Å². The van der Waals surface area contributed by atoms with E-state index in [1.165, 1.54) is 0 Å². The first kappa shape index (κ1) is 19.4. The molecule has 29 heavy (non-hydrogen) atoms. The topological polar surface area (TPSA) is 64.7 Å². The summed E-state index contributed by atoms with van der Waals surface area (Å²) >= 11 is 5.40. The molecule has 2 aliphatic rings. The number of nitrogens with zero attached hydrogens (tertiary/aromatic N) is 2. The molecule has 0 spiro atoms. The molecule has 2 N–H and O–H groups in total. The molecule has 2 aromatic carbocycles. The summed E-state index contributed by atoms with van der Waals surface area (Å²) in [6, 6.07) is 15.7. The van der Waals surface area contributed by atoms with Crippen LogP contribution in [0.5, 0.6) is 0 Å². The molecule has 7 heteroatoms. The predicted molar refractivity (Wildman–Crippen MR) is 119 cm³/mol. The molecule has 0 bridgehead atoms. The molecule has 0 radical (unpaired) electrons. The molecule has 150 valence electrons. The van der Waals surface area contributed by atoms with Crippen LogP contribution in [0.2, 0.25) is 0 Å². The van der Waals surface area contributed by atoms with E-state index in [2.05, 4.69) is 10.6 Å². The number of hydrogen-bond acceptors (Lipinski definition) is 3. The third kappa shape index (κ3) is 4.56. The van der Waals surface area contributed by atoms with Gasteiger partial charge in [0.2, 0.25) is 11.8 Å². The third-order valence-corrected chi connectivity index (χ3v) is 5.51. The molecule has 0 atom stereocenters. The molecule has 2 saturated heterocycles. The molecule has 0 aromatic heterocycles. The van der Waals surface area contributed by atoms with Gasteiger partial charge >= 0.3 is 0 Å². The van der Waals surface area contributed by atoms with Gasteiger partial charge in [0, 0.05) is 49.5 Å². The lowest BCUT2D eigenvalue weighted by molar-refractivity contribution is -0.117. The number of hydrogen-bond donors (Lipinski definition) is 2. The zero-order valence-electron chi connectivity index (χ0n) is 16.2. The van der Waals surface area contributed by atoms with Gasteiger partial charge in [-0.15, -0.1) is 0 Å². The van der Waals surface area contributed by atoms with Crippen molar-refractivity contribution in [3.8, 4) is 0 Å². The maximum absolute atomic E-state index is 11.9. The number of amides is 2. The van der Waals surface area contributed by atoms with Crippen LogP contribution in [-0.4, -0.2) is 30.0 Å². The molecule has 2 heterocycles. The number of anilines is 3. The lowest BCUT2D eigenvalue weighted by Gasteiger charge is -2.18. The summed E-state index contributed by atoms with van der Waals surface area (Å²) in [6.45, 7) is 2.14. The summed E-state index contributed by atoms with van der Waals surface area (Å²) < 4.78 is 0. The molecule has 0 aliphatic carbocycles. The normalized spacial score (nSPS) is 16.4. The Hall–Kier alpha value is -2.93. The highest BCUT2D eigenvalue weighted by Crippen LogP contribution is 2.24. The Bertz CT molecular complexity index is 929. The average molecular weight is 409 g/mol. The van der Waals surface area contributed by atoms with E-state index < -0.39 is 0 Å². The van der Waals surface area contributed by atoms with Crippen molar-refractivity contribution < 1.29 is 9.59 Å². The van der Waals surface area contributed by atoms with Crippen LogP contribution in [0, 0.1) is 0 Å². The first-order valence-electron chi connectivity index (χ1n) is 9.95. The Balaban J connectivity index is 1.31. The Labute approximate surface area is 175 Å². The van der Waals surface area contributed by atoms with Gasteiger partial charge in [0.15, 0.2) is 5.11 Å². The summed E-state index contributed by atoms with van der Waals surface area (Å²) in [4.78, 5) is 27.4. The zero-order chi connectivity index (χ0) is 20.2. The second kappa shape index (κ2) is 8.61. The van der Waals surface area contributed by atoms with Crippen LogP contribution in [0.4, 0.5) is 17.1 Å². The average Bonchev–Trinajstić information content (AvgIpc) is 3.35. The quantitative estimate of drug-likeness (QED) is 0.742. The highest BCUT2D eigenvalue weighted by molar-refractivity contribution is 7.80. The van der Waals surface area contributed by atoms with Crippen LogP contribution in [0.3, 0.4) is 0 Å². The van der Waals surface area contributed by atoms with E-state index >= 15 is 0 Å². The fraction of sp³-hybridized carbons (Fsp3) is 0.318. The van der Waals surface area contributed by atoms with Crippen molar-refractivity contribution >= 4 is 46.2 Å². The fourth-order valence-electron chi connectivity index (χ4n) is 3.76. The molecule has 6 nitrogen and oxygen atoms in total. The van der Waals surface area contributed by atoms with Gasteiger partial charge in [-0.2, -0.15) is 0 Å². The number of rotatable bonds is 5. The lowest BCUT2D eigenvalue weighted by atomic mass is 10.2. The molecule has 2 fully saturated rings. The number of carbonyl (C=O) groups excluding carboxylic acids is 2. The van der Waals surface area contributed by atoms with Crippen LogP contribution in [0.25, 0.3) is 0 Å². The van der Waals surface area contributed by atoms with Gasteiger partial charge in [0.05, 0.1) is 0 Å². The number of benzene rings is 2. The maximum Gasteiger partial charge on any atom is 0.227 e. The van der Waals surface area contributed by atoms with Gasteiger partial charge < -0.3 is 20.4 Å². The van der Waals surface area contributed by atoms with E-state index in [0.717, 1.165) is 48.6 Å².